The molecule has 2 rings (SSSR count). The topological polar surface area (TPSA) is 111 Å². The fourth-order valence-corrected chi connectivity index (χ4v) is 3.48. The molecular weight excluding hydrogens is 408 g/mol. The summed E-state index contributed by atoms with van der Waals surface area (Å²) in [5.74, 6) is -0.211. The molecular formula is C25H36N2O5. The van der Waals surface area contributed by atoms with Gasteiger partial charge in [0.15, 0.2) is 0 Å². The quantitative estimate of drug-likeness (QED) is 0.304. The lowest BCUT2D eigenvalue weighted by molar-refractivity contribution is -0.120. The number of hydrogen-bond acceptors (Lipinski definition) is 6. The van der Waals surface area contributed by atoms with E-state index in [1.807, 2.05) is 45.0 Å². The number of phenols is 2. The summed E-state index contributed by atoms with van der Waals surface area (Å²) in [4.78, 5) is 12.2. The Morgan fingerprint density at radius 1 is 1.06 bits per heavy atom. The molecule has 2 aromatic rings. The summed E-state index contributed by atoms with van der Waals surface area (Å²) in [5, 5.41) is 35.9. The number of phenolic OH excluding ortho intramolecular Hbond substituents is 2. The average molecular weight is 445 g/mol. The van der Waals surface area contributed by atoms with Gasteiger partial charge in [-0.1, -0.05) is 31.2 Å². The van der Waals surface area contributed by atoms with E-state index >= 15 is 0 Å². The Kier molecular flexibility index (Phi) is 9.97. The van der Waals surface area contributed by atoms with Crippen molar-refractivity contribution in [2.24, 2.45) is 0 Å². The lowest BCUT2D eigenvalue weighted by atomic mass is 9.93. The highest BCUT2D eigenvalue weighted by atomic mass is 16.5. The number of rotatable bonds is 13. The summed E-state index contributed by atoms with van der Waals surface area (Å²) >= 11 is 0. The minimum atomic E-state index is -0.872. The molecule has 0 aliphatic carbocycles. The molecule has 0 bridgehead atoms. The van der Waals surface area contributed by atoms with Gasteiger partial charge in [-0.25, -0.2) is 0 Å². The molecule has 0 aliphatic rings. The summed E-state index contributed by atoms with van der Waals surface area (Å²) in [6.45, 7) is 8.12. The molecule has 0 saturated carbocycles. The summed E-state index contributed by atoms with van der Waals surface area (Å²) in [6, 6.07) is 12.0. The maximum Gasteiger partial charge on any atom is 0.224 e. The van der Waals surface area contributed by atoms with Gasteiger partial charge in [0.05, 0.1) is 19.1 Å². The molecule has 0 radical (unpaired) electrons. The first-order valence-electron chi connectivity index (χ1n) is 11.1. The van der Waals surface area contributed by atoms with Crippen LogP contribution in [-0.2, 0) is 22.4 Å². The van der Waals surface area contributed by atoms with E-state index in [-0.39, 0.29) is 29.5 Å². The smallest absolute Gasteiger partial charge is 0.224 e. The van der Waals surface area contributed by atoms with Gasteiger partial charge in [0.25, 0.3) is 0 Å². The van der Waals surface area contributed by atoms with E-state index in [2.05, 4.69) is 10.6 Å². The minimum Gasteiger partial charge on any atom is -0.508 e. The number of aliphatic hydroxyl groups excluding tert-OH is 1. The third-order valence-electron chi connectivity index (χ3n) is 5.00. The van der Waals surface area contributed by atoms with E-state index in [4.69, 9.17) is 4.74 Å². The molecule has 2 aromatic carbocycles. The first-order chi connectivity index (χ1) is 15.2. The van der Waals surface area contributed by atoms with Crippen LogP contribution in [0.3, 0.4) is 0 Å². The van der Waals surface area contributed by atoms with Crippen LogP contribution in [0.2, 0.25) is 0 Å². The van der Waals surface area contributed by atoms with Gasteiger partial charge in [-0.2, -0.15) is 0 Å². The van der Waals surface area contributed by atoms with E-state index < -0.39 is 6.10 Å². The molecule has 0 saturated heterocycles. The largest absolute Gasteiger partial charge is 0.508 e. The third kappa shape index (κ3) is 9.26. The fraction of sp³-hybridized carbons (Fsp3) is 0.480. The number of amides is 1. The van der Waals surface area contributed by atoms with Crippen molar-refractivity contribution in [3.63, 3.8) is 0 Å². The molecule has 0 fully saturated rings. The van der Waals surface area contributed by atoms with Crippen molar-refractivity contribution >= 4 is 5.91 Å². The fourth-order valence-electron chi connectivity index (χ4n) is 3.48. The van der Waals surface area contributed by atoms with Gasteiger partial charge >= 0.3 is 0 Å². The summed E-state index contributed by atoms with van der Waals surface area (Å²) < 4.78 is 5.37. The molecule has 0 spiro atoms. The molecule has 0 heterocycles. The van der Waals surface area contributed by atoms with Gasteiger partial charge < -0.3 is 30.7 Å². The van der Waals surface area contributed by atoms with Crippen LogP contribution in [-0.4, -0.2) is 53.1 Å². The number of β-amino-alcohol motifs (C(OH)–C–C–N with tert-alkyl or cyclic N) is 1. The zero-order valence-electron chi connectivity index (χ0n) is 19.2. The van der Waals surface area contributed by atoms with E-state index in [1.54, 1.807) is 0 Å². The molecule has 1 unspecified atom stereocenters. The van der Waals surface area contributed by atoms with Crippen LogP contribution < -0.4 is 10.6 Å². The number of nitrogens with one attached hydrogen (secondary N) is 2. The highest BCUT2D eigenvalue weighted by molar-refractivity contribution is 5.78. The maximum absolute atomic E-state index is 12.2. The first-order valence-corrected chi connectivity index (χ1v) is 11.1. The molecule has 0 aliphatic heterocycles. The zero-order valence-corrected chi connectivity index (χ0v) is 19.2. The summed E-state index contributed by atoms with van der Waals surface area (Å²) in [6.07, 6.45) is 1.11. The van der Waals surface area contributed by atoms with Crippen molar-refractivity contribution in [2.45, 2.75) is 51.7 Å². The molecule has 5 N–H and O–H groups in total. The van der Waals surface area contributed by atoms with Gasteiger partial charge in [0.2, 0.25) is 5.91 Å². The van der Waals surface area contributed by atoms with Crippen molar-refractivity contribution in [1.29, 1.82) is 0 Å². The van der Waals surface area contributed by atoms with Crippen molar-refractivity contribution in [3.8, 4) is 11.5 Å². The SMILES string of the molecule is CCCOCCNC(=O)Cc1cccc(CC(C)(C)NCC(O)c2cc(O)cc(O)c2)c1. The van der Waals surface area contributed by atoms with E-state index in [0.29, 0.717) is 38.2 Å². The molecule has 176 valence electrons. The predicted octanol–water partition coefficient (Wildman–Crippen LogP) is 2.83. The first kappa shape index (κ1) is 25.6. The number of benzene rings is 2. The molecule has 7 heteroatoms. The maximum atomic E-state index is 12.2. The second kappa shape index (κ2) is 12.4. The van der Waals surface area contributed by atoms with Crippen LogP contribution in [0.4, 0.5) is 0 Å². The highest BCUT2D eigenvalue weighted by Crippen LogP contribution is 2.25. The minimum absolute atomic E-state index is 0.0304. The van der Waals surface area contributed by atoms with Crippen molar-refractivity contribution < 1.29 is 24.9 Å². The van der Waals surface area contributed by atoms with Crippen LogP contribution in [0.15, 0.2) is 42.5 Å². The Morgan fingerprint density at radius 3 is 2.44 bits per heavy atom. The Bertz CT molecular complexity index is 849. The molecule has 1 atom stereocenters. The molecule has 0 aromatic heterocycles. The Morgan fingerprint density at radius 2 is 1.75 bits per heavy atom. The zero-order chi connectivity index (χ0) is 23.6. The van der Waals surface area contributed by atoms with E-state index in [9.17, 15) is 20.1 Å². The van der Waals surface area contributed by atoms with E-state index in [0.717, 1.165) is 17.5 Å². The summed E-state index contributed by atoms with van der Waals surface area (Å²) in [7, 11) is 0. The Labute approximate surface area is 190 Å². The van der Waals surface area contributed by atoms with Gasteiger partial charge in [0, 0.05) is 31.3 Å². The van der Waals surface area contributed by atoms with Crippen LogP contribution in [0.25, 0.3) is 0 Å². The predicted molar refractivity (Wildman–Crippen MR) is 125 cm³/mol. The van der Waals surface area contributed by atoms with Crippen LogP contribution in [0.5, 0.6) is 11.5 Å². The number of ether oxygens (including phenoxy) is 1. The van der Waals surface area contributed by atoms with E-state index in [1.165, 1.54) is 18.2 Å². The highest BCUT2D eigenvalue weighted by Gasteiger charge is 2.20. The standard InChI is InChI=1S/C25H36N2O5/c1-4-9-32-10-8-26-24(31)12-18-6-5-7-19(11-18)16-25(2,3)27-17-23(30)20-13-21(28)15-22(29)14-20/h5-7,11,13-15,23,27-30H,4,8-10,12,16-17H2,1-3H3,(H,26,31). The normalized spacial score (nSPS) is 12.5. The number of aliphatic hydroxyl groups is 1. The van der Waals surface area contributed by atoms with Gasteiger partial charge in [-0.15, -0.1) is 0 Å². The van der Waals surface area contributed by atoms with Crippen LogP contribution >= 0.6 is 0 Å². The van der Waals surface area contributed by atoms with Crippen LogP contribution in [0, 0.1) is 0 Å². The van der Waals surface area contributed by atoms with Gasteiger partial charge in [0.1, 0.15) is 11.5 Å². The Balaban J connectivity index is 1.86. The molecule has 1 amide bonds. The molecule has 32 heavy (non-hydrogen) atoms. The van der Waals surface area contributed by atoms with Crippen molar-refractivity contribution in [1.82, 2.24) is 10.6 Å². The monoisotopic (exact) mass is 444 g/mol. The average Bonchev–Trinajstić information content (AvgIpc) is 2.71. The lowest BCUT2D eigenvalue weighted by Gasteiger charge is -2.28. The number of hydrogen-bond donors (Lipinski definition) is 5. The Hall–Kier alpha value is -2.61. The van der Waals surface area contributed by atoms with Crippen molar-refractivity contribution in [3.05, 3.63) is 59.2 Å². The number of aromatic hydroxyl groups is 2. The second-order valence-corrected chi connectivity index (χ2v) is 8.70. The second-order valence-electron chi connectivity index (χ2n) is 8.70. The number of carbonyl (C=O) groups excluding carboxylic acids is 1. The number of carbonyl (C=O) groups is 1. The van der Waals surface area contributed by atoms with Gasteiger partial charge in [-0.05, 0) is 55.5 Å². The molecule has 7 nitrogen and oxygen atoms in total. The van der Waals surface area contributed by atoms with Crippen molar-refractivity contribution in [2.75, 3.05) is 26.3 Å². The van der Waals surface area contributed by atoms with Gasteiger partial charge in [-0.3, -0.25) is 4.79 Å². The third-order valence-corrected chi connectivity index (χ3v) is 5.00. The van der Waals surface area contributed by atoms with Crippen LogP contribution in [0.1, 0.15) is 50.0 Å². The summed E-state index contributed by atoms with van der Waals surface area (Å²) in [5.41, 5.74) is 2.15. The lowest BCUT2D eigenvalue weighted by Crippen LogP contribution is -2.43.